The Balaban J connectivity index is 1.25. The minimum atomic E-state index is -0.877. The van der Waals surface area contributed by atoms with E-state index in [1.165, 1.54) is 0 Å². The monoisotopic (exact) mass is 508 g/mol. The van der Waals surface area contributed by atoms with Crippen LogP contribution in [0.2, 0.25) is 5.02 Å². The standard InChI is InChI=1S/C28H33ClN4O3/c29-24-15-20(5-10-26(24)36-23-8-9-23)27(34)25(18-32-12-1-2-13-32)31-28(35)21-11-14-33(17-21)22-6-3-19(16-30)4-7-22/h3-7,10,15,21,23,25,27,34H,1-2,8-9,11-14,17-18H2,(H,31,35)/t21?,25-,27+/m1/s1. The van der Waals surface area contributed by atoms with E-state index in [9.17, 15) is 9.90 Å². The van der Waals surface area contributed by atoms with Gasteiger partial charge in [0.1, 0.15) is 11.9 Å². The fourth-order valence-electron chi connectivity index (χ4n) is 5.12. The Morgan fingerprint density at radius 2 is 1.89 bits per heavy atom. The summed E-state index contributed by atoms with van der Waals surface area (Å²) in [6, 6.07) is 14.6. The molecule has 1 unspecified atom stereocenters. The maximum absolute atomic E-state index is 13.3. The maximum Gasteiger partial charge on any atom is 0.225 e. The van der Waals surface area contributed by atoms with Crippen LogP contribution in [0, 0.1) is 17.2 Å². The summed E-state index contributed by atoms with van der Waals surface area (Å²) in [6.07, 6.45) is 4.49. The first-order valence-electron chi connectivity index (χ1n) is 12.9. The zero-order valence-electron chi connectivity index (χ0n) is 20.4. The van der Waals surface area contributed by atoms with E-state index in [1.807, 2.05) is 24.3 Å². The van der Waals surface area contributed by atoms with Crippen molar-refractivity contribution in [1.82, 2.24) is 10.2 Å². The quantitative estimate of drug-likeness (QED) is 0.534. The molecule has 0 radical (unpaired) electrons. The molecule has 5 rings (SSSR count). The van der Waals surface area contributed by atoms with Gasteiger partial charge in [-0.1, -0.05) is 17.7 Å². The molecule has 2 heterocycles. The minimum absolute atomic E-state index is 0.0332. The van der Waals surface area contributed by atoms with Gasteiger partial charge in [-0.2, -0.15) is 5.26 Å². The molecule has 2 aromatic carbocycles. The fourth-order valence-corrected chi connectivity index (χ4v) is 5.35. The van der Waals surface area contributed by atoms with Gasteiger partial charge in [0.2, 0.25) is 5.91 Å². The van der Waals surface area contributed by atoms with Crippen molar-refractivity contribution in [1.29, 1.82) is 5.26 Å². The molecule has 3 fully saturated rings. The topological polar surface area (TPSA) is 88.8 Å². The number of nitriles is 1. The number of nitrogens with zero attached hydrogens (tertiary/aromatic N) is 3. The van der Waals surface area contributed by atoms with Crippen LogP contribution in [0.1, 0.15) is 49.3 Å². The Labute approximate surface area is 217 Å². The highest BCUT2D eigenvalue weighted by atomic mass is 35.5. The molecular formula is C28H33ClN4O3. The number of ether oxygens (including phenoxy) is 1. The van der Waals surface area contributed by atoms with Gasteiger partial charge in [0.15, 0.2) is 0 Å². The summed E-state index contributed by atoms with van der Waals surface area (Å²) in [5.41, 5.74) is 2.32. The van der Waals surface area contributed by atoms with Gasteiger partial charge in [-0.3, -0.25) is 4.79 Å². The maximum atomic E-state index is 13.3. The molecular weight excluding hydrogens is 476 g/mol. The predicted molar refractivity (Wildman–Crippen MR) is 139 cm³/mol. The Bertz CT molecular complexity index is 1110. The van der Waals surface area contributed by atoms with Crippen LogP contribution >= 0.6 is 11.6 Å². The van der Waals surface area contributed by atoms with Gasteiger partial charge in [0.05, 0.1) is 34.7 Å². The first-order valence-corrected chi connectivity index (χ1v) is 13.3. The van der Waals surface area contributed by atoms with Gasteiger partial charge in [-0.25, -0.2) is 0 Å². The summed E-state index contributed by atoms with van der Waals surface area (Å²) in [5.74, 6) is 0.449. The van der Waals surface area contributed by atoms with Crippen molar-refractivity contribution >= 4 is 23.2 Å². The van der Waals surface area contributed by atoms with Crippen LogP contribution in [0.25, 0.3) is 0 Å². The number of anilines is 1. The van der Waals surface area contributed by atoms with Crippen LogP contribution in [-0.2, 0) is 4.79 Å². The highest BCUT2D eigenvalue weighted by Gasteiger charge is 2.33. The van der Waals surface area contributed by atoms with E-state index in [2.05, 4.69) is 21.2 Å². The zero-order valence-corrected chi connectivity index (χ0v) is 21.2. The minimum Gasteiger partial charge on any atom is -0.489 e. The fraction of sp³-hybridized carbons (Fsp3) is 0.500. The van der Waals surface area contributed by atoms with Crippen molar-refractivity contribution in [3.63, 3.8) is 0 Å². The number of hydrogen-bond donors (Lipinski definition) is 2. The molecule has 1 amide bonds. The van der Waals surface area contributed by atoms with Crippen LogP contribution in [0.3, 0.4) is 0 Å². The Hall–Kier alpha value is -2.79. The number of aliphatic hydroxyl groups excluding tert-OH is 1. The molecule has 1 saturated carbocycles. The van der Waals surface area contributed by atoms with Crippen LogP contribution in [0.4, 0.5) is 5.69 Å². The Morgan fingerprint density at radius 3 is 2.56 bits per heavy atom. The molecule has 36 heavy (non-hydrogen) atoms. The molecule has 190 valence electrons. The highest BCUT2D eigenvalue weighted by Crippen LogP contribution is 2.34. The second kappa shape index (κ2) is 11.1. The Kier molecular flexibility index (Phi) is 7.66. The SMILES string of the molecule is N#Cc1ccc(N2CCC(C(=O)N[C@H](CN3CCCC3)[C@@H](O)c3ccc(OC4CC4)c(Cl)c3)C2)cc1. The molecule has 3 atom stereocenters. The number of likely N-dealkylation sites (tertiary alicyclic amines) is 1. The second-order valence-electron chi connectivity index (χ2n) is 10.2. The molecule has 0 aromatic heterocycles. The van der Waals surface area contributed by atoms with Crippen molar-refractivity contribution in [2.75, 3.05) is 37.6 Å². The lowest BCUT2D eigenvalue weighted by atomic mass is 10.00. The Morgan fingerprint density at radius 1 is 1.14 bits per heavy atom. The van der Waals surface area contributed by atoms with E-state index in [-0.39, 0.29) is 17.9 Å². The number of halogens is 1. The number of carbonyl (C=O) groups excluding carboxylic acids is 1. The first-order chi connectivity index (χ1) is 17.5. The van der Waals surface area contributed by atoms with Crippen LogP contribution in [0.15, 0.2) is 42.5 Å². The number of amides is 1. The third-order valence-electron chi connectivity index (χ3n) is 7.40. The molecule has 2 saturated heterocycles. The molecule has 2 N–H and O–H groups in total. The summed E-state index contributed by atoms with van der Waals surface area (Å²) < 4.78 is 5.84. The van der Waals surface area contributed by atoms with Crippen molar-refractivity contribution in [3.05, 3.63) is 58.6 Å². The number of aliphatic hydroxyl groups is 1. The average Bonchev–Trinajstić information content (AvgIpc) is 3.33. The number of benzene rings is 2. The summed E-state index contributed by atoms with van der Waals surface area (Å²) in [4.78, 5) is 17.8. The van der Waals surface area contributed by atoms with Crippen LogP contribution in [0.5, 0.6) is 5.75 Å². The van der Waals surface area contributed by atoms with Crippen molar-refractivity contribution in [2.45, 2.75) is 50.4 Å². The van der Waals surface area contributed by atoms with Crippen LogP contribution < -0.4 is 15.0 Å². The van der Waals surface area contributed by atoms with E-state index in [4.69, 9.17) is 21.6 Å². The number of rotatable bonds is 9. The molecule has 0 spiro atoms. The third-order valence-corrected chi connectivity index (χ3v) is 7.69. The lowest BCUT2D eigenvalue weighted by Crippen LogP contribution is -2.48. The van der Waals surface area contributed by atoms with Crippen molar-refractivity contribution < 1.29 is 14.6 Å². The average molecular weight is 509 g/mol. The van der Waals surface area contributed by atoms with Crippen LogP contribution in [-0.4, -0.2) is 60.8 Å². The van der Waals surface area contributed by atoms with E-state index >= 15 is 0 Å². The lowest BCUT2D eigenvalue weighted by Gasteiger charge is -2.30. The van der Waals surface area contributed by atoms with Gasteiger partial charge in [0.25, 0.3) is 0 Å². The van der Waals surface area contributed by atoms with Gasteiger partial charge >= 0.3 is 0 Å². The van der Waals surface area contributed by atoms with Gasteiger partial charge in [-0.05, 0) is 87.2 Å². The van der Waals surface area contributed by atoms with E-state index in [0.717, 1.165) is 57.4 Å². The number of carbonyl (C=O) groups is 1. The summed E-state index contributed by atoms with van der Waals surface area (Å²) >= 11 is 6.47. The van der Waals surface area contributed by atoms with E-state index < -0.39 is 12.1 Å². The van der Waals surface area contributed by atoms with E-state index in [0.29, 0.717) is 35.0 Å². The van der Waals surface area contributed by atoms with Crippen molar-refractivity contribution in [2.24, 2.45) is 5.92 Å². The molecule has 1 aliphatic carbocycles. The molecule has 7 nitrogen and oxygen atoms in total. The zero-order chi connectivity index (χ0) is 25.1. The lowest BCUT2D eigenvalue weighted by molar-refractivity contribution is -0.126. The smallest absolute Gasteiger partial charge is 0.225 e. The second-order valence-corrected chi connectivity index (χ2v) is 10.6. The van der Waals surface area contributed by atoms with Gasteiger partial charge in [0, 0.05) is 25.3 Å². The van der Waals surface area contributed by atoms with Gasteiger partial charge in [-0.15, -0.1) is 0 Å². The molecule has 0 bridgehead atoms. The highest BCUT2D eigenvalue weighted by molar-refractivity contribution is 6.32. The number of nitrogens with one attached hydrogen (secondary N) is 1. The van der Waals surface area contributed by atoms with E-state index in [1.54, 1.807) is 18.2 Å². The predicted octanol–water partition coefficient (Wildman–Crippen LogP) is 3.89. The number of hydrogen-bond acceptors (Lipinski definition) is 6. The largest absolute Gasteiger partial charge is 0.489 e. The van der Waals surface area contributed by atoms with Crippen molar-refractivity contribution in [3.8, 4) is 11.8 Å². The molecule has 2 aromatic rings. The first kappa shape index (κ1) is 24.9. The summed E-state index contributed by atoms with van der Waals surface area (Å²) in [6.45, 7) is 3.94. The molecule has 2 aliphatic heterocycles. The molecule has 3 aliphatic rings. The third kappa shape index (κ3) is 5.95. The normalized spacial score (nSPS) is 21.7. The summed E-state index contributed by atoms with van der Waals surface area (Å²) in [7, 11) is 0. The summed E-state index contributed by atoms with van der Waals surface area (Å²) in [5, 5.41) is 24.0. The van der Waals surface area contributed by atoms with Gasteiger partial charge < -0.3 is 25.0 Å². The molecule has 8 heteroatoms.